The van der Waals surface area contributed by atoms with Crippen molar-refractivity contribution in [3.63, 3.8) is 0 Å². The van der Waals surface area contributed by atoms with E-state index in [1.807, 2.05) is 0 Å². The zero-order chi connectivity index (χ0) is 32.4. The number of sulfone groups is 1. The zero-order valence-electron chi connectivity index (χ0n) is 26.7. The maximum Gasteiger partial charge on any atom is 0.415 e. The molecule has 5 aromatic rings. The fraction of sp³-hybridized carbons (Fsp3) is 0.371. The first-order valence-corrected chi connectivity index (χ1v) is 17.1. The van der Waals surface area contributed by atoms with Gasteiger partial charge in [-0.15, -0.1) is 0 Å². The largest absolute Gasteiger partial charge is 0.483 e. The molecule has 3 aromatic carbocycles. The predicted octanol–water partition coefficient (Wildman–Crippen LogP) is 6.30. The molecule has 0 unspecified atom stereocenters. The average Bonchev–Trinajstić information content (AvgIpc) is 3.57. The van der Waals surface area contributed by atoms with Gasteiger partial charge in [-0.05, 0) is 85.1 Å². The van der Waals surface area contributed by atoms with Crippen molar-refractivity contribution >= 4 is 37.7 Å². The first-order valence-electron chi connectivity index (χ1n) is 15.6. The highest BCUT2D eigenvalue weighted by atomic mass is 32.2. The normalized spacial score (nSPS) is 17.3. The standard InChI is InChI=1S/C35H38N4O6S/c1-34(2,3)23-11-12-29-27(20-23)28-19-22(31-26(30(28)36-29)13-16-35(4,5)44-31)21-38-17-14-24(15-18-38)43-32-33(39(40)45-37-32)46(41,42)25-9-7-6-8-10-25/h6-13,16,19-20,24,36H,14-15,17-18,21H2,1-5H3. The lowest BCUT2D eigenvalue weighted by Gasteiger charge is -2.34. The van der Waals surface area contributed by atoms with Gasteiger partial charge in [0.15, 0.2) is 0 Å². The summed E-state index contributed by atoms with van der Waals surface area (Å²) in [6, 6.07) is 16.6. The maximum absolute atomic E-state index is 13.2. The Morgan fingerprint density at radius 3 is 2.54 bits per heavy atom. The third kappa shape index (κ3) is 5.41. The summed E-state index contributed by atoms with van der Waals surface area (Å²) in [6.07, 6.45) is 5.19. The number of aromatic nitrogens is 3. The van der Waals surface area contributed by atoms with Crippen molar-refractivity contribution in [2.75, 3.05) is 13.1 Å². The molecule has 0 amide bonds. The fourth-order valence-corrected chi connectivity index (χ4v) is 7.64. The summed E-state index contributed by atoms with van der Waals surface area (Å²) in [4.78, 5) is 5.87. The van der Waals surface area contributed by atoms with Crippen LogP contribution < -0.4 is 14.4 Å². The number of nitrogens with one attached hydrogen (secondary N) is 1. The minimum atomic E-state index is -4.18. The summed E-state index contributed by atoms with van der Waals surface area (Å²) in [7, 11) is -4.18. The molecule has 4 heterocycles. The van der Waals surface area contributed by atoms with Crippen LogP contribution in [-0.4, -0.2) is 48.3 Å². The van der Waals surface area contributed by atoms with Gasteiger partial charge in [0.05, 0.1) is 15.6 Å². The number of H-pyrrole nitrogens is 1. The van der Waals surface area contributed by atoms with Crippen LogP contribution in [0.1, 0.15) is 64.2 Å². The van der Waals surface area contributed by atoms with Gasteiger partial charge < -0.3 is 19.7 Å². The maximum atomic E-state index is 13.2. The molecule has 0 atom stereocenters. The van der Waals surface area contributed by atoms with E-state index < -0.39 is 20.5 Å². The highest BCUT2D eigenvalue weighted by Crippen LogP contribution is 2.42. The second kappa shape index (κ2) is 10.9. The Bertz CT molecular complexity index is 2080. The van der Waals surface area contributed by atoms with E-state index in [0.29, 0.717) is 32.5 Å². The van der Waals surface area contributed by atoms with E-state index in [4.69, 9.17) is 9.47 Å². The lowest BCUT2D eigenvalue weighted by Crippen LogP contribution is -2.38. The number of hydrogen-bond acceptors (Lipinski definition) is 8. The molecule has 0 spiro atoms. The Morgan fingerprint density at radius 2 is 1.83 bits per heavy atom. The second-order valence-corrected chi connectivity index (χ2v) is 15.7. The summed E-state index contributed by atoms with van der Waals surface area (Å²) in [5.41, 5.74) is 5.21. The second-order valence-electron chi connectivity index (χ2n) is 13.8. The highest BCUT2D eigenvalue weighted by molar-refractivity contribution is 7.91. The Kier molecular flexibility index (Phi) is 7.17. The molecule has 0 bridgehead atoms. The van der Waals surface area contributed by atoms with Gasteiger partial charge in [-0.3, -0.25) is 9.53 Å². The molecule has 0 saturated carbocycles. The molecule has 46 heavy (non-hydrogen) atoms. The summed E-state index contributed by atoms with van der Waals surface area (Å²) in [5.74, 6) is 0.576. The number of ether oxygens (including phenoxy) is 2. The molecule has 0 radical (unpaired) electrons. The molecule has 7 rings (SSSR count). The van der Waals surface area contributed by atoms with Crippen LogP contribution in [0.2, 0.25) is 0 Å². The molecule has 11 heteroatoms. The molecule has 1 saturated heterocycles. The van der Waals surface area contributed by atoms with Gasteiger partial charge in [-0.2, -0.15) is 0 Å². The van der Waals surface area contributed by atoms with Crippen molar-refractivity contribution in [2.24, 2.45) is 0 Å². The van der Waals surface area contributed by atoms with Crippen LogP contribution in [0.25, 0.3) is 27.9 Å². The Hall–Kier alpha value is -4.35. The van der Waals surface area contributed by atoms with Crippen LogP contribution in [0.5, 0.6) is 11.6 Å². The molecule has 1 fully saturated rings. The van der Waals surface area contributed by atoms with E-state index >= 15 is 0 Å². The fourth-order valence-electron chi connectivity index (χ4n) is 6.35. The molecule has 1 N–H and O–H groups in total. The van der Waals surface area contributed by atoms with E-state index in [1.165, 1.54) is 28.5 Å². The summed E-state index contributed by atoms with van der Waals surface area (Å²) in [6.45, 7) is 12.9. The Labute approximate surface area is 268 Å². The molecular weight excluding hydrogens is 604 g/mol. The van der Waals surface area contributed by atoms with Crippen molar-refractivity contribution in [2.45, 2.75) is 81.0 Å². The van der Waals surface area contributed by atoms with Crippen LogP contribution >= 0.6 is 0 Å². The quantitative estimate of drug-likeness (QED) is 0.214. The number of likely N-dealkylation sites (tertiary alicyclic amines) is 1. The van der Waals surface area contributed by atoms with Gasteiger partial charge in [-0.1, -0.05) is 45.0 Å². The molecule has 240 valence electrons. The number of aromatic amines is 1. The number of fused-ring (bicyclic) bond motifs is 5. The third-order valence-electron chi connectivity index (χ3n) is 8.91. The van der Waals surface area contributed by atoms with Crippen molar-refractivity contribution in [3.8, 4) is 11.6 Å². The number of hydrogen-bond donors (Lipinski definition) is 1. The Balaban J connectivity index is 1.14. The molecule has 2 aliphatic heterocycles. The Morgan fingerprint density at radius 1 is 1.09 bits per heavy atom. The van der Waals surface area contributed by atoms with E-state index in [0.717, 1.165) is 27.9 Å². The lowest BCUT2D eigenvalue weighted by atomic mass is 9.86. The van der Waals surface area contributed by atoms with Crippen molar-refractivity contribution in [1.29, 1.82) is 0 Å². The minimum Gasteiger partial charge on any atom is -0.483 e. The van der Waals surface area contributed by atoms with E-state index in [2.05, 4.69) is 90.7 Å². The number of nitrogens with zero attached hydrogens (tertiary/aromatic N) is 3. The van der Waals surface area contributed by atoms with Crippen molar-refractivity contribution in [1.82, 2.24) is 15.0 Å². The molecule has 0 aliphatic carbocycles. The molecule has 2 aliphatic rings. The highest BCUT2D eigenvalue weighted by Gasteiger charge is 2.38. The van der Waals surface area contributed by atoms with Crippen molar-refractivity contribution in [3.05, 3.63) is 82.6 Å². The first-order chi connectivity index (χ1) is 21.8. The monoisotopic (exact) mass is 642 g/mol. The van der Waals surface area contributed by atoms with Gasteiger partial charge in [0.1, 0.15) is 17.5 Å². The van der Waals surface area contributed by atoms with E-state index in [9.17, 15) is 13.6 Å². The summed E-state index contributed by atoms with van der Waals surface area (Å²) < 4.78 is 43.6. The van der Waals surface area contributed by atoms with Crippen LogP contribution in [0.3, 0.4) is 0 Å². The number of piperidine rings is 1. The van der Waals surface area contributed by atoms with E-state index in [-0.39, 0.29) is 27.2 Å². The first kappa shape index (κ1) is 30.3. The third-order valence-corrected chi connectivity index (χ3v) is 10.6. The minimum absolute atomic E-state index is 0.0285. The smallest absolute Gasteiger partial charge is 0.415 e. The summed E-state index contributed by atoms with van der Waals surface area (Å²) >= 11 is 0. The van der Waals surface area contributed by atoms with Crippen molar-refractivity contribution < 1.29 is 27.4 Å². The average molecular weight is 643 g/mol. The lowest BCUT2D eigenvalue weighted by molar-refractivity contribution is -0.832. The van der Waals surface area contributed by atoms with Crippen LogP contribution in [-0.2, 0) is 21.8 Å². The van der Waals surface area contributed by atoms with Gasteiger partial charge in [-0.25, -0.2) is 8.42 Å². The molecular formula is C35H38N4O6S. The van der Waals surface area contributed by atoms with Crippen LogP contribution in [0.4, 0.5) is 0 Å². The van der Waals surface area contributed by atoms with Gasteiger partial charge >= 0.3 is 10.9 Å². The van der Waals surface area contributed by atoms with Gasteiger partial charge in [0, 0.05) is 47.1 Å². The number of rotatable bonds is 6. The predicted molar refractivity (Wildman–Crippen MR) is 175 cm³/mol. The topological polar surface area (TPSA) is 125 Å². The van der Waals surface area contributed by atoms with Gasteiger partial charge in [0.25, 0.3) is 9.84 Å². The zero-order valence-corrected chi connectivity index (χ0v) is 27.5. The van der Waals surface area contributed by atoms with E-state index in [1.54, 1.807) is 18.2 Å². The SMILES string of the molecule is CC1(C)C=Cc2c(c(CN3CCC(Oc4no[n+]([O-])c4S(=O)(=O)c4ccccc4)CC3)cc3c2[nH]c2ccc(C(C)(C)C)cc23)O1. The molecule has 2 aromatic heterocycles. The number of benzene rings is 3. The van der Waals surface area contributed by atoms with Crippen LogP contribution in [0.15, 0.2) is 75.2 Å². The van der Waals surface area contributed by atoms with Crippen LogP contribution in [0, 0.1) is 5.21 Å². The molecule has 10 nitrogen and oxygen atoms in total. The van der Waals surface area contributed by atoms with Gasteiger partial charge in [0.2, 0.25) is 0 Å². The summed E-state index contributed by atoms with van der Waals surface area (Å²) in [5, 5.41) is 17.7.